The SMILES string of the molecule is CCCCCCCCCCCCCCCCCC(=O)OC[C@@H](COC(=O)CCCCCCCCCCCCCCC(C)C)OC(=O)CCCCCCCCCCCCCCC. The maximum Gasteiger partial charge on any atom is 0.306 e. The Labute approximate surface area is 380 Å². The van der Waals surface area contributed by atoms with E-state index in [-0.39, 0.29) is 31.1 Å². The fraction of sp³-hybridized carbons (Fsp3) is 0.945. The molecule has 61 heavy (non-hydrogen) atoms. The monoisotopic (exact) mass is 863 g/mol. The van der Waals surface area contributed by atoms with Gasteiger partial charge >= 0.3 is 17.9 Å². The van der Waals surface area contributed by atoms with E-state index in [2.05, 4.69) is 27.7 Å². The number of unbranched alkanes of at least 4 members (excludes halogenated alkanes) is 37. The molecule has 0 unspecified atom stereocenters. The van der Waals surface area contributed by atoms with Gasteiger partial charge < -0.3 is 14.2 Å². The molecule has 0 aromatic heterocycles. The van der Waals surface area contributed by atoms with Crippen LogP contribution in [0.5, 0.6) is 0 Å². The lowest BCUT2D eigenvalue weighted by molar-refractivity contribution is -0.167. The summed E-state index contributed by atoms with van der Waals surface area (Å²) in [6.07, 6.45) is 52.3. The molecule has 362 valence electrons. The van der Waals surface area contributed by atoms with E-state index in [1.807, 2.05) is 0 Å². The molecule has 0 bridgehead atoms. The Morgan fingerprint density at radius 2 is 0.541 bits per heavy atom. The van der Waals surface area contributed by atoms with Crippen LogP contribution < -0.4 is 0 Å². The topological polar surface area (TPSA) is 78.9 Å². The molecule has 0 spiro atoms. The Kier molecular flexibility index (Phi) is 48.1. The van der Waals surface area contributed by atoms with Crippen LogP contribution >= 0.6 is 0 Å². The fourth-order valence-electron chi connectivity index (χ4n) is 8.39. The summed E-state index contributed by atoms with van der Waals surface area (Å²) in [5, 5.41) is 0. The lowest BCUT2D eigenvalue weighted by atomic mass is 10.0. The second-order valence-electron chi connectivity index (χ2n) is 19.3. The Morgan fingerprint density at radius 3 is 0.803 bits per heavy atom. The van der Waals surface area contributed by atoms with Crippen LogP contribution in [0, 0.1) is 5.92 Å². The molecule has 0 aromatic carbocycles. The first kappa shape index (κ1) is 59.4. The predicted octanol–water partition coefficient (Wildman–Crippen LogP) is 17.8. The molecule has 0 N–H and O–H groups in total. The number of ether oxygens (including phenoxy) is 3. The van der Waals surface area contributed by atoms with E-state index in [4.69, 9.17) is 14.2 Å². The molecule has 0 radical (unpaired) electrons. The van der Waals surface area contributed by atoms with Crippen LogP contribution in [0.15, 0.2) is 0 Å². The van der Waals surface area contributed by atoms with Gasteiger partial charge in [-0.2, -0.15) is 0 Å². The molecular weight excluding hydrogens is 757 g/mol. The summed E-state index contributed by atoms with van der Waals surface area (Å²) in [7, 11) is 0. The fourth-order valence-corrected chi connectivity index (χ4v) is 8.39. The summed E-state index contributed by atoms with van der Waals surface area (Å²) < 4.78 is 16.8. The zero-order valence-corrected chi connectivity index (χ0v) is 41.6. The minimum Gasteiger partial charge on any atom is -0.462 e. The minimum atomic E-state index is -0.761. The van der Waals surface area contributed by atoms with Gasteiger partial charge in [0.25, 0.3) is 0 Å². The molecule has 0 saturated heterocycles. The van der Waals surface area contributed by atoms with Crippen LogP contribution in [-0.2, 0) is 28.6 Å². The lowest BCUT2D eigenvalue weighted by Crippen LogP contribution is -2.30. The van der Waals surface area contributed by atoms with Crippen LogP contribution in [0.4, 0.5) is 0 Å². The largest absolute Gasteiger partial charge is 0.462 e. The Bertz CT molecular complexity index is 918. The van der Waals surface area contributed by atoms with Crippen molar-refractivity contribution < 1.29 is 28.6 Å². The number of hydrogen-bond acceptors (Lipinski definition) is 6. The van der Waals surface area contributed by atoms with E-state index < -0.39 is 6.10 Å². The van der Waals surface area contributed by atoms with E-state index >= 15 is 0 Å². The van der Waals surface area contributed by atoms with E-state index in [1.165, 1.54) is 205 Å². The maximum atomic E-state index is 12.8. The minimum absolute atomic E-state index is 0.0622. The van der Waals surface area contributed by atoms with Gasteiger partial charge in [-0.1, -0.05) is 272 Å². The highest BCUT2D eigenvalue weighted by atomic mass is 16.6. The quantitative estimate of drug-likeness (QED) is 0.0344. The molecular formula is C55H106O6. The normalized spacial score (nSPS) is 12.0. The van der Waals surface area contributed by atoms with Crippen molar-refractivity contribution >= 4 is 17.9 Å². The molecule has 0 rings (SSSR count). The van der Waals surface area contributed by atoms with Crippen molar-refractivity contribution in [3.05, 3.63) is 0 Å². The molecule has 6 heteroatoms. The maximum absolute atomic E-state index is 12.8. The van der Waals surface area contributed by atoms with Crippen molar-refractivity contribution in [3.8, 4) is 0 Å². The van der Waals surface area contributed by atoms with Crippen LogP contribution in [-0.4, -0.2) is 37.2 Å². The first-order chi connectivity index (χ1) is 29.9. The van der Waals surface area contributed by atoms with E-state index in [9.17, 15) is 14.4 Å². The number of carbonyl (C=O) groups is 3. The molecule has 6 nitrogen and oxygen atoms in total. The van der Waals surface area contributed by atoms with Crippen LogP contribution in [0.2, 0.25) is 0 Å². The van der Waals surface area contributed by atoms with Gasteiger partial charge in [0.15, 0.2) is 6.10 Å². The molecule has 0 aliphatic rings. The summed E-state index contributed by atoms with van der Waals surface area (Å²) in [5.74, 6) is -0.00537. The van der Waals surface area contributed by atoms with Gasteiger partial charge in [-0.15, -0.1) is 0 Å². The highest BCUT2D eigenvalue weighted by Crippen LogP contribution is 2.17. The van der Waals surface area contributed by atoms with Gasteiger partial charge in [0.05, 0.1) is 0 Å². The van der Waals surface area contributed by atoms with Gasteiger partial charge in [0.2, 0.25) is 0 Å². The molecule has 0 aliphatic carbocycles. The smallest absolute Gasteiger partial charge is 0.306 e. The summed E-state index contributed by atoms with van der Waals surface area (Å²) in [5.41, 5.74) is 0. The van der Waals surface area contributed by atoms with Crippen LogP contribution in [0.1, 0.15) is 310 Å². The molecule has 0 fully saturated rings. The Morgan fingerprint density at radius 1 is 0.311 bits per heavy atom. The molecule has 0 saturated carbocycles. The van der Waals surface area contributed by atoms with Crippen molar-refractivity contribution in [3.63, 3.8) is 0 Å². The standard InChI is InChI=1S/C55H106O6/c1-5-7-9-11-13-15-17-19-20-22-26-30-34-38-42-46-53(56)59-49-52(61-55(58)48-44-40-36-32-28-21-18-16-14-12-10-8-6-2)50-60-54(57)47-43-39-35-31-27-24-23-25-29-33-37-41-45-51(3)4/h51-52H,5-50H2,1-4H3/t52-/m0/s1. The zero-order valence-electron chi connectivity index (χ0n) is 41.6. The Balaban J connectivity index is 4.30. The van der Waals surface area contributed by atoms with Crippen molar-refractivity contribution in [1.82, 2.24) is 0 Å². The van der Waals surface area contributed by atoms with Gasteiger partial charge in [0.1, 0.15) is 13.2 Å². The summed E-state index contributed by atoms with van der Waals surface area (Å²) >= 11 is 0. The number of esters is 3. The first-order valence-electron chi connectivity index (χ1n) is 27.4. The van der Waals surface area contributed by atoms with Crippen LogP contribution in [0.3, 0.4) is 0 Å². The van der Waals surface area contributed by atoms with Gasteiger partial charge in [0, 0.05) is 19.3 Å². The van der Waals surface area contributed by atoms with Crippen molar-refractivity contribution in [2.75, 3.05) is 13.2 Å². The van der Waals surface area contributed by atoms with Gasteiger partial charge in [-0.25, -0.2) is 0 Å². The molecule has 0 heterocycles. The summed E-state index contributed by atoms with van der Waals surface area (Å²) in [6, 6.07) is 0. The number of carbonyl (C=O) groups excluding carboxylic acids is 3. The molecule has 0 aromatic rings. The third-order valence-corrected chi connectivity index (χ3v) is 12.5. The highest BCUT2D eigenvalue weighted by Gasteiger charge is 2.19. The van der Waals surface area contributed by atoms with Crippen LogP contribution in [0.25, 0.3) is 0 Å². The molecule has 1 atom stereocenters. The van der Waals surface area contributed by atoms with Crippen molar-refractivity contribution in [2.24, 2.45) is 5.92 Å². The summed E-state index contributed by atoms with van der Waals surface area (Å²) in [6.45, 7) is 9.04. The second kappa shape index (κ2) is 49.4. The zero-order chi connectivity index (χ0) is 44.5. The van der Waals surface area contributed by atoms with Crippen molar-refractivity contribution in [1.29, 1.82) is 0 Å². The second-order valence-corrected chi connectivity index (χ2v) is 19.3. The van der Waals surface area contributed by atoms with Gasteiger partial charge in [-0.3, -0.25) is 14.4 Å². The summed E-state index contributed by atoms with van der Waals surface area (Å²) in [4.78, 5) is 38.0. The predicted molar refractivity (Wildman–Crippen MR) is 261 cm³/mol. The molecule has 0 amide bonds. The first-order valence-corrected chi connectivity index (χ1v) is 27.4. The Hall–Kier alpha value is -1.59. The van der Waals surface area contributed by atoms with E-state index in [0.29, 0.717) is 19.3 Å². The van der Waals surface area contributed by atoms with E-state index in [1.54, 1.807) is 0 Å². The average Bonchev–Trinajstić information content (AvgIpc) is 3.24. The highest BCUT2D eigenvalue weighted by molar-refractivity contribution is 5.71. The van der Waals surface area contributed by atoms with Gasteiger partial charge in [-0.05, 0) is 25.2 Å². The number of rotatable bonds is 50. The van der Waals surface area contributed by atoms with E-state index in [0.717, 1.165) is 63.7 Å². The lowest BCUT2D eigenvalue weighted by Gasteiger charge is -2.18. The third-order valence-electron chi connectivity index (χ3n) is 12.5. The third kappa shape index (κ3) is 49.3. The molecule has 0 aliphatic heterocycles. The van der Waals surface area contributed by atoms with Crippen molar-refractivity contribution in [2.45, 2.75) is 316 Å². The number of hydrogen-bond donors (Lipinski definition) is 0. The average molecular weight is 863 g/mol.